The maximum absolute atomic E-state index is 3.83. The highest BCUT2D eigenvalue weighted by atomic mass is 79.9. The molecular formula is C16H21BrN2. The van der Waals surface area contributed by atoms with E-state index in [0.717, 1.165) is 12.0 Å². The van der Waals surface area contributed by atoms with Crippen LogP contribution in [0.25, 0.3) is 0 Å². The zero-order valence-electron chi connectivity index (χ0n) is 11.2. The van der Waals surface area contributed by atoms with Crippen LogP contribution in [0.15, 0.2) is 22.7 Å². The summed E-state index contributed by atoms with van der Waals surface area (Å²) in [5.74, 6) is 0.729. The monoisotopic (exact) mass is 320 g/mol. The molecule has 1 saturated heterocycles. The number of nitrogens with zero attached hydrogens (tertiary/aromatic N) is 1. The first-order chi connectivity index (χ1) is 9.33. The second-order valence-electron chi connectivity index (χ2n) is 6.25. The summed E-state index contributed by atoms with van der Waals surface area (Å²) in [6.45, 7) is 2.63. The average molecular weight is 321 g/mol. The van der Waals surface area contributed by atoms with Crippen LogP contribution in [0.5, 0.6) is 0 Å². The molecule has 2 nitrogen and oxygen atoms in total. The maximum atomic E-state index is 3.83. The number of fused-ring (bicyclic) bond motifs is 3. The molecule has 3 atom stereocenters. The Balaban J connectivity index is 1.64. The van der Waals surface area contributed by atoms with Crippen LogP contribution >= 0.6 is 15.9 Å². The topological polar surface area (TPSA) is 15.3 Å². The van der Waals surface area contributed by atoms with Gasteiger partial charge in [-0.1, -0.05) is 22.4 Å². The van der Waals surface area contributed by atoms with Gasteiger partial charge in [0.2, 0.25) is 0 Å². The van der Waals surface area contributed by atoms with Gasteiger partial charge in [0.1, 0.15) is 0 Å². The Labute approximate surface area is 123 Å². The molecule has 2 heterocycles. The van der Waals surface area contributed by atoms with Gasteiger partial charge >= 0.3 is 0 Å². The number of hydrogen-bond acceptors (Lipinski definition) is 2. The highest BCUT2D eigenvalue weighted by Crippen LogP contribution is 2.46. The number of likely N-dealkylation sites (tertiary alicyclic amines) is 1. The lowest BCUT2D eigenvalue weighted by molar-refractivity contribution is 0.168. The summed E-state index contributed by atoms with van der Waals surface area (Å²) in [6.07, 6.45) is 6.91. The lowest BCUT2D eigenvalue weighted by Gasteiger charge is -2.39. The van der Waals surface area contributed by atoms with Gasteiger partial charge in [-0.15, -0.1) is 0 Å². The van der Waals surface area contributed by atoms with Crippen LogP contribution in [0.3, 0.4) is 0 Å². The van der Waals surface area contributed by atoms with Crippen molar-refractivity contribution in [2.75, 3.05) is 18.4 Å². The SMILES string of the molecule is Brc1ccc2c(c1)C1CCCC(N3CCCC3)C1N2. The van der Waals surface area contributed by atoms with E-state index in [1.807, 2.05) is 0 Å². The summed E-state index contributed by atoms with van der Waals surface area (Å²) >= 11 is 3.62. The second-order valence-corrected chi connectivity index (χ2v) is 7.17. The minimum Gasteiger partial charge on any atom is -0.380 e. The Hall–Kier alpha value is -0.540. The van der Waals surface area contributed by atoms with E-state index < -0.39 is 0 Å². The van der Waals surface area contributed by atoms with E-state index in [0.29, 0.717) is 6.04 Å². The van der Waals surface area contributed by atoms with E-state index in [-0.39, 0.29) is 0 Å². The second kappa shape index (κ2) is 4.78. The van der Waals surface area contributed by atoms with Crippen LogP contribution in [0.1, 0.15) is 43.6 Å². The van der Waals surface area contributed by atoms with Crippen molar-refractivity contribution in [3.05, 3.63) is 28.2 Å². The van der Waals surface area contributed by atoms with Crippen LogP contribution in [0.4, 0.5) is 5.69 Å². The quantitative estimate of drug-likeness (QED) is 0.842. The maximum Gasteiger partial charge on any atom is 0.0486 e. The van der Waals surface area contributed by atoms with E-state index in [1.165, 1.54) is 55.4 Å². The minimum atomic E-state index is 0.649. The average Bonchev–Trinajstić information content (AvgIpc) is 3.05. The molecule has 102 valence electrons. The zero-order valence-corrected chi connectivity index (χ0v) is 12.8. The molecule has 1 aromatic carbocycles. The Morgan fingerprint density at radius 3 is 2.79 bits per heavy atom. The number of hydrogen-bond donors (Lipinski definition) is 1. The van der Waals surface area contributed by atoms with Gasteiger partial charge in [0, 0.05) is 28.2 Å². The lowest BCUT2D eigenvalue weighted by Crippen LogP contribution is -2.48. The first-order valence-electron chi connectivity index (χ1n) is 7.63. The zero-order chi connectivity index (χ0) is 12.8. The Kier molecular flexibility index (Phi) is 3.07. The number of benzene rings is 1. The van der Waals surface area contributed by atoms with Crippen LogP contribution in [-0.4, -0.2) is 30.1 Å². The summed E-state index contributed by atoms with van der Waals surface area (Å²) in [5.41, 5.74) is 2.92. The molecule has 1 N–H and O–H groups in total. The third kappa shape index (κ3) is 2.02. The minimum absolute atomic E-state index is 0.649. The predicted molar refractivity (Wildman–Crippen MR) is 82.7 cm³/mol. The van der Waals surface area contributed by atoms with Crippen LogP contribution < -0.4 is 5.32 Å². The van der Waals surface area contributed by atoms with Gasteiger partial charge in [-0.05, 0) is 62.5 Å². The number of nitrogens with one attached hydrogen (secondary N) is 1. The van der Waals surface area contributed by atoms with Crippen molar-refractivity contribution in [1.29, 1.82) is 0 Å². The van der Waals surface area contributed by atoms with Gasteiger partial charge < -0.3 is 5.32 Å². The summed E-state index contributed by atoms with van der Waals surface area (Å²) in [7, 11) is 0. The third-order valence-electron chi connectivity index (χ3n) is 5.21. The van der Waals surface area contributed by atoms with Gasteiger partial charge in [-0.3, -0.25) is 4.90 Å². The van der Waals surface area contributed by atoms with Gasteiger partial charge in [-0.25, -0.2) is 0 Å². The molecule has 0 amide bonds. The molecule has 1 aromatic rings. The number of anilines is 1. The van der Waals surface area contributed by atoms with Crippen LogP contribution in [0.2, 0.25) is 0 Å². The van der Waals surface area contributed by atoms with Crippen molar-refractivity contribution < 1.29 is 0 Å². The molecule has 4 rings (SSSR count). The Morgan fingerprint density at radius 2 is 1.95 bits per heavy atom. The molecule has 2 fully saturated rings. The molecule has 2 aliphatic heterocycles. The van der Waals surface area contributed by atoms with Gasteiger partial charge in [-0.2, -0.15) is 0 Å². The summed E-state index contributed by atoms with van der Waals surface area (Å²) in [4.78, 5) is 2.74. The molecule has 3 unspecified atom stereocenters. The van der Waals surface area contributed by atoms with Crippen molar-refractivity contribution in [2.24, 2.45) is 0 Å². The fraction of sp³-hybridized carbons (Fsp3) is 0.625. The molecule has 1 saturated carbocycles. The highest BCUT2D eigenvalue weighted by Gasteiger charge is 2.42. The molecule has 1 aliphatic carbocycles. The number of halogens is 1. The van der Waals surface area contributed by atoms with Crippen molar-refractivity contribution >= 4 is 21.6 Å². The van der Waals surface area contributed by atoms with Gasteiger partial charge in [0.15, 0.2) is 0 Å². The van der Waals surface area contributed by atoms with Gasteiger partial charge in [0.05, 0.1) is 0 Å². The molecule has 0 spiro atoms. The van der Waals surface area contributed by atoms with E-state index in [9.17, 15) is 0 Å². The smallest absolute Gasteiger partial charge is 0.0486 e. The summed E-state index contributed by atoms with van der Waals surface area (Å²) < 4.78 is 1.22. The van der Waals surface area contributed by atoms with Crippen LogP contribution in [0, 0.1) is 0 Å². The molecule has 0 bridgehead atoms. The molecule has 0 radical (unpaired) electrons. The van der Waals surface area contributed by atoms with Crippen molar-refractivity contribution in [1.82, 2.24) is 4.90 Å². The van der Waals surface area contributed by atoms with E-state index >= 15 is 0 Å². The van der Waals surface area contributed by atoms with Crippen molar-refractivity contribution in [2.45, 2.75) is 50.1 Å². The highest BCUT2D eigenvalue weighted by molar-refractivity contribution is 9.10. The van der Waals surface area contributed by atoms with E-state index in [2.05, 4.69) is 44.3 Å². The molecule has 3 heteroatoms. The molecule has 19 heavy (non-hydrogen) atoms. The fourth-order valence-corrected chi connectivity index (χ4v) is 4.73. The standard InChI is InChI=1S/C16H21BrN2/c17-11-6-7-14-13(10-11)12-4-3-5-15(16(12)18-14)19-8-1-2-9-19/h6-7,10,12,15-16,18H,1-5,8-9H2. The third-order valence-corrected chi connectivity index (χ3v) is 5.70. The van der Waals surface area contributed by atoms with Crippen LogP contribution in [-0.2, 0) is 0 Å². The van der Waals surface area contributed by atoms with E-state index in [1.54, 1.807) is 5.56 Å². The first kappa shape index (κ1) is 12.2. The molecule has 3 aliphatic rings. The number of rotatable bonds is 1. The van der Waals surface area contributed by atoms with Gasteiger partial charge in [0.25, 0.3) is 0 Å². The normalized spacial score (nSPS) is 33.8. The predicted octanol–water partition coefficient (Wildman–Crippen LogP) is 3.98. The Morgan fingerprint density at radius 1 is 1.11 bits per heavy atom. The molecular weight excluding hydrogens is 300 g/mol. The lowest BCUT2D eigenvalue weighted by atomic mass is 9.79. The largest absolute Gasteiger partial charge is 0.380 e. The van der Waals surface area contributed by atoms with E-state index in [4.69, 9.17) is 0 Å². The first-order valence-corrected chi connectivity index (χ1v) is 8.42. The summed E-state index contributed by atoms with van der Waals surface area (Å²) in [5, 5.41) is 3.83. The fourth-order valence-electron chi connectivity index (χ4n) is 4.35. The Bertz CT molecular complexity index is 482. The molecule has 0 aromatic heterocycles. The van der Waals surface area contributed by atoms with Crippen molar-refractivity contribution in [3.8, 4) is 0 Å². The summed E-state index contributed by atoms with van der Waals surface area (Å²) in [6, 6.07) is 8.15. The van der Waals surface area contributed by atoms with Crippen molar-refractivity contribution in [3.63, 3.8) is 0 Å².